The van der Waals surface area contributed by atoms with Gasteiger partial charge in [0.1, 0.15) is 5.82 Å². The van der Waals surface area contributed by atoms with Crippen molar-refractivity contribution in [2.24, 2.45) is 5.92 Å². The molecule has 0 saturated carbocycles. The van der Waals surface area contributed by atoms with E-state index in [0.29, 0.717) is 18.2 Å². The summed E-state index contributed by atoms with van der Waals surface area (Å²) in [5.74, 6) is 1.83. The fourth-order valence-corrected chi connectivity index (χ4v) is 3.79. The molecule has 0 N–H and O–H groups in total. The molecule has 1 saturated heterocycles. The minimum Gasteiger partial charge on any atom is -0.342 e. The molecule has 126 valence electrons. The molecule has 1 atom stereocenters. The van der Waals surface area contributed by atoms with Gasteiger partial charge in [0, 0.05) is 63.7 Å². The standard InChI is InChI=1S/C18H23N5O/c24-18-5-3-8-23(18)12-15-10-21(13-16-4-1-2-6-19-16)14-17-20-7-9-22(17)11-15/h1-2,4,6-7,9,15H,3,5,8,10-14H2/t15-/m1/s1. The molecule has 0 aromatic carbocycles. The van der Waals surface area contributed by atoms with Crippen LogP contribution in [-0.2, 0) is 24.4 Å². The number of rotatable bonds is 4. The second-order valence-corrected chi connectivity index (χ2v) is 6.80. The number of pyridine rings is 1. The minimum atomic E-state index is 0.307. The molecule has 24 heavy (non-hydrogen) atoms. The molecule has 0 radical (unpaired) electrons. The van der Waals surface area contributed by atoms with Crippen LogP contribution < -0.4 is 0 Å². The van der Waals surface area contributed by atoms with E-state index in [4.69, 9.17) is 0 Å². The molecule has 6 heteroatoms. The Labute approximate surface area is 142 Å². The molecule has 0 spiro atoms. The summed E-state index contributed by atoms with van der Waals surface area (Å²) in [7, 11) is 0. The van der Waals surface area contributed by atoms with Crippen molar-refractivity contribution >= 4 is 5.91 Å². The highest BCUT2D eigenvalue weighted by molar-refractivity contribution is 5.78. The molecule has 0 bridgehead atoms. The van der Waals surface area contributed by atoms with Gasteiger partial charge < -0.3 is 9.47 Å². The van der Waals surface area contributed by atoms with Crippen molar-refractivity contribution in [1.29, 1.82) is 0 Å². The predicted molar refractivity (Wildman–Crippen MR) is 89.9 cm³/mol. The summed E-state index contributed by atoms with van der Waals surface area (Å²) in [4.78, 5) is 25.4. The third-order valence-electron chi connectivity index (χ3n) is 4.90. The normalized spacial score (nSPS) is 21.8. The van der Waals surface area contributed by atoms with Gasteiger partial charge in [-0.3, -0.25) is 14.7 Å². The number of imidazole rings is 1. The van der Waals surface area contributed by atoms with Gasteiger partial charge in [-0.05, 0) is 18.6 Å². The molecule has 1 fully saturated rings. The van der Waals surface area contributed by atoms with E-state index in [1.165, 1.54) is 0 Å². The Morgan fingerprint density at radius 1 is 1.17 bits per heavy atom. The summed E-state index contributed by atoms with van der Waals surface area (Å²) in [5, 5.41) is 0. The van der Waals surface area contributed by atoms with Gasteiger partial charge in [-0.1, -0.05) is 6.07 Å². The number of carbonyl (C=O) groups excluding carboxylic acids is 1. The van der Waals surface area contributed by atoms with Crippen molar-refractivity contribution in [2.45, 2.75) is 32.5 Å². The zero-order chi connectivity index (χ0) is 16.4. The number of amides is 1. The van der Waals surface area contributed by atoms with E-state index in [-0.39, 0.29) is 0 Å². The Hall–Kier alpha value is -2.21. The van der Waals surface area contributed by atoms with Crippen molar-refractivity contribution in [3.63, 3.8) is 0 Å². The zero-order valence-corrected chi connectivity index (χ0v) is 13.8. The lowest BCUT2D eigenvalue weighted by Gasteiger charge is -2.27. The van der Waals surface area contributed by atoms with Gasteiger partial charge in [0.25, 0.3) is 0 Å². The largest absolute Gasteiger partial charge is 0.342 e. The van der Waals surface area contributed by atoms with Crippen LogP contribution in [0.4, 0.5) is 0 Å². The number of carbonyl (C=O) groups is 1. The average molecular weight is 325 g/mol. The van der Waals surface area contributed by atoms with Crippen molar-refractivity contribution in [3.05, 3.63) is 48.3 Å². The third-order valence-corrected chi connectivity index (χ3v) is 4.90. The van der Waals surface area contributed by atoms with Crippen LogP contribution in [0.3, 0.4) is 0 Å². The van der Waals surface area contributed by atoms with E-state index < -0.39 is 0 Å². The van der Waals surface area contributed by atoms with Gasteiger partial charge in [0.2, 0.25) is 5.91 Å². The van der Waals surface area contributed by atoms with Crippen molar-refractivity contribution in [1.82, 2.24) is 24.3 Å². The molecule has 4 heterocycles. The van der Waals surface area contributed by atoms with Crippen LogP contribution in [0, 0.1) is 5.92 Å². The molecular weight excluding hydrogens is 302 g/mol. The number of aromatic nitrogens is 3. The smallest absolute Gasteiger partial charge is 0.222 e. The first-order chi connectivity index (χ1) is 11.8. The second kappa shape index (κ2) is 6.73. The lowest BCUT2D eigenvalue weighted by atomic mass is 10.1. The highest BCUT2D eigenvalue weighted by Crippen LogP contribution is 2.20. The summed E-state index contributed by atoms with van der Waals surface area (Å²) in [5.41, 5.74) is 1.08. The fourth-order valence-electron chi connectivity index (χ4n) is 3.79. The highest BCUT2D eigenvalue weighted by atomic mass is 16.2. The summed E-state index contributed by atoms with van der Waals surface area (Å²) in [6, 6.07) is 6.04. The predicted octanol–water partition coefficient (Wildman–Crippen LogP) is 1.53. The van der Waals surface area contributed by atoms with Crippen LogP contribution in [0.25, 0.3) is 0 Å². The van der Waals surface area contributed by atoms with E-state index in [0.717, 1.165) is 57.2 Å². The molecule has 4 rings (SSSR count). The Kier molecular flexibility index (Phi) is 4.30. The quantitative estimate of drug-likeness (QED) is 0.855. The van der Waals surface area contributed by atoms with Crippen LogP contribution in [0.15, 0.2) is 36.8 Å². The SMILES string of the molecule is O=C1CCCN1C[C@@H]1CN(Cc2ccccn2)Cc2nccn2C1. The molecule has 0 aliphatic carbocycles. The summed E-state index contributed by atoms with van der Waals surface area (Å²) >= 11 is 0. The third kappa shape index (κ3) is 3.33. The molecule has 2 aromatic rings. The topological polar surface area (TPSA) is 54.3 Å². The van der Waals surface area contributed by atoms with Gasteiger partial charge in [0.15, 0.2) is 0 Å². The summed E-state index contributed by atoms with van der Waals surface area (Å²) < 4.78 is 2.24. The lowest BCUT2D eigenvalue weighted by molar-refractivity contribution is -0.128. The molecule has 6 nitrogen and oxygen atoms in total. The van der Waals surface area contributed by atoms with E-state index in [1.807, 2.05) is 29.4 Å². The molecular formula is C18H23N5O. The maximum atomic E-state index is 12.0. The Morgan fingerprint density at radius 2 is 2.12 bits per heavy atom. The number of hydrogen-bond acceptors (Lipinski definition) is 4. The highest BCUT2D eigenvalue weighted by Gasteiger charge is 2.28. The Balaban J connectivity index is 1.51. The van der Waals surface area contributed by atoms with Crippen molar-refractivity contribution in [2.75, 3.05) is 19.6 Å². The first kappa shape index (κ1) is 15.3. The van der Waals surface area contributed by atoms with E-state index >= 15 is 0 Å². The lowest BCUT2D eigenvalue weighted by Crippen LogP contribution is -2.37. The van der Waals surface area contributed by atoms with E-state index in [1.54, 1.807) is 0 Å². The summed E-state index contributed by atoms with van der Waals surface area (Å²) in [6.45, 7) is 5.29. The van der Waals surface area contributed by atoms with Crippen molar-refractivity contribution in [3.8, 4) is 0 Å². The zero-order valence-electron chi connectivity index (χ0n) is 13.8. The van der Waals surface area contributed by atoms with Crippen molar-refractivity contribution < 1.29 is 4.79 Å². The number of nitrogens with zero attached hydrogens (tertiary/aromatic N) is 5. The first-order valence-electron chi connectivity index (χ1n) is 8.68. The Bertz CT molecular complexity index is 698. The van der Waals surface area contributed by atoms with Crippen LogP contribution in [0.5, 0.6) is 0 Å². The van der Waals surface area contributed by atoms with Crippen LogP contribution >= 0.6 is 0 Å². The maximum Gasteiger partial charge on any atom is 0.222 e. The van der Waals surface area contributed by atoms with Gasteiger partial charge in [0.05, 0.1) is 12.2 Å². The van der Waals surface area contributed by atoms with Gasteiger partial charge in [-0.25, -0.2) is 4.98 Å². The van der Waals surface area contributed by atoms with E-state index in [2.05, 4.69) is 31.7 Å². The maximum absolute atomic E-state index is 12.0. The molecule has 2 aliphatic rings. The average Bonchev–Trinajstić information content (AvgIpc) is 3.14. The van der Waals surface area contributed by atoms with Gasteiger partial charge >= 0.3 is 0 Å². The second-order valence-electron chi connectivity index (χ2n) is 6.80. The monoisotopic (exact) mass is 325 g/mol. The van der Waals surface area contributed by atoms with Gasteiger partial charge in [-0.15, -0.1) is 0 Å². The molecule has 0 unspecified atom stereocenters. The summed E-state index contributed by atoms with van der Waals surface area (Å²) in [6.07, 6.45) is 7.48. The van der Waals surface area contributed by atoms with Crippen LogP contribution in [0.1, 0.15) is 24.4 Å². The van der Waals surface area contributed by atoms with Crippen LogP contribution in [-0.4, -0.2) is 49.9 Å². The van der Waals surface area contributed by atoms with E-state index in [9.17, 15) is 4.79 Å². The molecule has 2 aromatic heterocycles. The van der Waals surface area contributed by atoms with Gasteiger partial charge in [-0.2, -0.15) is 0 Å². The fraction of sp³-hybridized carbons (Fsp3) is 0.500. The van der Waals surface area contributed by atoms with Crippen LogP contribution in [0.2, 0.25) is 0 Å². The molecule has 2 aliphatic heterocycles. The first-order valence-corrected chi connectivity index (χ1v) is 8.68. The molecule has 1 amide bonds. The number of hydrogen-bond donors (Lipinski definition) is 0. The number of fused-ring (bicyclic) bond motifs is 1. The number of likely N-dealkylation sites (tertiary alicyclic amines) is 1. The minimum absolute atomic E-state index is 0.307. The Morgan fingerprint density at radius 3 is 2.92 bits per heavy atom.